The molecule has 16 heavy (non-hydrogen) atoms. The third kappa shape index (κ3) is 2.54. The van der Waals surface area contributed by atoms with E-state index in [9.17, 15) is 0 Å². The summed E-state index contributed by atoms with van der Waals surface area (Å²) in [7, 11) is 0. The van der Waals surface area contributed by atoms with Crippen molar-refractivity contribution in [3.05, 3.63) is 24.0 Å². The topological polar surface area (TPSA) is 40.7 Å². The van der Waals surface area contributed by atoms with Crippen LogP contribution in [0.4, 0.5) is 5.69 Å². The minimum atomic E-state index is 0.291. The molecule has 2 rings (SSSR count). The van der Waals surface area contributed by atoms with Crippen LogP contribution in [0.2, 0.25) is 0 Å². The molecule has 0 saturated carbocycles. The van der Waals surface area contributed by atoms with Gasteiger partial charge in [-0.1, -0.05) is 20.8 Å². The van der Waals surface area contributed by atoms with E-state index in [1.807, 2.05) is 13.0 Å². The number of imidazole rings is 1. The van der Waals surface area contributed by atoms with Gasteiger partial charge >= 0.3 is 0 Å². The highest BCUT2D eigenvalue weighted by molar-refractivity contribution is 5.79. The Labute approximate surface area is 96.3 Å². The lowest BCUT2D eigenvalue weighted by Crippen LogP contribution is -2.18. The molecule has 0 fully saturated rings. The van der Waals surface area contributed by atoms with Crippen LogP contribution in [0.5, 0.6) is 0 Å². The molecule has 0 aliphatic carbocycles. The van der Waals surface area contributed by atoms with Gasteiger partial charge in [-0.2, -0.15) is 0 Å². The van der Waals surface area contributed by atoms with Crippen LogP contribution in [0.25, 0.3) is 11.0 Å². The SMILES string of the molecule is Cc1nc2ccc(NCC(C)(C)C)cc2[nH]1. The fourth-order valence-electron chi connectivity index (χ4n) is 1.61. The minimum Gasteiger partial charge on any atom is -0.384 e. The largest absolute Gasteiger partial charge is 0.384 e. The van der Waals surface area contributed by atoms with E-state index in [1.54, 1.807) is 0 Å². The number of H-pyrrole nitrogens is 1. The first-order valence-electron chi connectivity index (χ1n) is 5.64. The third-order valence-electron chi connectivity index (χ3n) is 2.42. The molecule has 86 valence electrons. The predicted molar refractivity (Wildman–Crippen MR) is 68.8 cm³/mol. The summed E-state index contributed by atoms with van der Waals surface area (Å²) in [6, 6.07) is 6.24. The third-order valence-corrected chi connectivity index (χ3v) is 2.42. The van der Waals surface area contributed by atoms with E-state index >= 15 is 0 Å². The van der Waals surface area contributed by atoms with Gasteiger partial charge in [-0.05, 0) is 30.5 Å². The van der Waals surface area contributed by atoms with Gasteiger partial charge < -0.3 is 10.3 Å². The first kappa shape index (κ1) is 11.0. The fourth-order valence-corrected chi connectivity index (χ4v) is 1.61. The second-order valence-electron chi connectivity index (χ2n) is 5.47. The van der Waals surface area contributed by atoms with E-state index in [1.165, 1.54) is 0 Å². The number of benzene rings is 1. The monoisotopic (exact) mass is 217 g/mol. The fraction of sp³-hybridized carbons (Fsp3) is 0.462. The van der Waals surface area contributed by atoms with Gasteiger partial charge in [-0.3, -0.25) is 0 Å². The van der Waals surface area contributed by atoms with Crippen LogP contribution in [-0.4, -0.2) is 16.5 Å². The van der Waals surface area contributed by atoms with E-state index in [0.29, 0.717) is 5.41 Å². The van der Waals surface area contributed by atoms with Crippen molar-refractivity contribution in [1.29, 1.82) is 0 Å². The molecule has 1 aromatic heterocycles. The van der Waals surface area contributed by atoms with Crippen LogP contribution in [0, 0.1) is 12.3 Å². The van der Waals surface area contributed by atoms with E-state index < -0.39 is 0 Å². The number of aromatic nitrogens is 2. The first-order chi connectivity index (χ1) is 7.44. The Bertz CT molecular complexity index is 491. The van der Waals surface area contributed by atoms with Crippen molar-refractivity contribution in [2.75, 3.05) is 11.9 Å². The molecule has 3 nitrogen and oxygen atoms in total. The van der Waals surface area contributed by atoms with Gasteiger partial charge in [0.1, 0.15) is 5.82 Å². The normalized spacial score (nSPS) is 12.0. The van der Waals surface area contributed by atoms with Crippen LogP contribution >= 0.6 is 0 Å². The van der Waals surface area contributed by atoms with E-state index in [-0.39, 0.29) is 0 Å². The van der Waals surface area contributed by atoms with Gasteiger partial charge in [0.25, 0.3) is 0 Å². The molecule has 0 aliphatic heterocycles. The number of anilines is 1. The summed E-state index contributed by atoms with van der Waals surface area (Å²) in [5.41, 5.74) is 3.56. The van der Waals surface area contributed by atoms with Gasteiger partial charge in [-0.15, -0.1) is 0 Å². The summed E-state index contributed by atoms with van der Waals surface area (Å²) in [4.78, 5) is 7.62. The Morgan fingerprint density at radius 2 is 2.06 bits per heavy atom. The summed E-state index contributed by atoms with van der Waals surface area (Å²) in [6.07, 6.45) is 0. The lowest BCUT2D eigenvalue weighted by atomic mass is 9.97. The first-order valence-corrected chi connectivity index (χ1v) is 5.64. The van der Waals surface area contributed by atoms with Crippen molar-refractivity contribution in [2.24, 2.45) is 5.41 Å². The molecule has 0 aliphatic rings. The van der Waals surface area contributed by atoms with Gasteiger partial charge in [0, 0.05) is 12.2 Å². The number of aromatic amines is 1. The average molecular weight is 217 g/mol. The standard InChI is InChI=1S/C13H19N3/c1-9-15-11-6-5-10(7-12(11)16-9)14-8-13(2,3)4/h5-7,14H,8H2,1-4H3,(H,15,16). The molecular weight excluding hydrogens is 198 g/mol. The number of rotatable bonds is 2. The molecule has 0 spiro atoms. The van der Waals surface area contributed by atoms with Crippen molar-refractivity contribution >= 4 is 16.7 Å². The number of aryl methyl sites for hydroxylation is 1. The zero-order valence-corrected chi connectivity index (χ0v) is 10.4. The number of fused-ring (bicyclic) bond motifs is 1. The van der Waals surface area contributed by atoms with Crippen molar-refractivity contribution in [1.82, 2.24) is 9.97 Å². The Morgan fingerprint density at radius 1 is 1.31 bits per heavy atom. The number of nitrogens with one attached hydrogen (secondary N) is 2. The number of hydrogen-bond donors (Lipinski definition) is 2. The van der Waals surface area contributed by atoms with Crippen molar-refractivity contribution in [3.63, 3.8) is 0 Å². The maximum atomic E-state index is 4.38. The Kier molecular flexibility index (Phi) is 2.62. The minimum absolute atomic E-state index is 0.291. The number of hydrogen-bond acceptors (Lipinski definition) is 2. The Balaban J connectivity index is 2.19. The summed E-state index contributed by atoms with van der Waals surface area (Å²) in [5, 5.41) is 3.44. The zero-order chi connectivity index (χ0) is 11.8. The number of nitrogens with zero attached hydrogens (tertiary/aromatic N) is 1. The van der Waals surface area contributed by atoms with Gasteiger partial charge in [0.15, 0.2) is 0 Å². The Morgan fingerprint density at radius 3 is 2.75 bits per heavy atom. The highest BCUT2D eigenvalue weighted by Gasteiger charge is 2.09. The molecule has 0 saturated heterocycles. The van der Waals surface area contributed by atoms with Crippen molar-refractivity contribution in [3.8, 4) is 0 Å². The van der Waals surface area contributed by atoms with E-state index in [2.05, 4.69) is 48.2 Å². The second-order valence-corrected chi connectivity index (χ2v) is 5.47. The van der Waals surface area contributed by atoms with Crippen molar-refractivity contribution in [2.45, 2.75) is 27.7 Å². The zero-order valence-electron chi connectivity index (χ0n) is 10.4. The highest BCUT2D eigenvalue weighted by Crippen LogP contribution is 2.19. The van der Waals surface area contributed by atoms with Gasteiger partial charge in [0.2, 0.25) is 0 Å². The maximum absolute atomic E-state index is 4.38. The smallest absolute Gasteiger partial charge is 0.104 e. The molecule has 1 aromatic carbocycles. The maximum Gasteiger partial charge on any atom is 0.104 e. The molecule has 1 heterocycles. The van der Waals surface area contributed by atoms with Gasteiger partial charge in [-0.25, -0.2) is 4.98 Å². The van der Waals surface area contributed by atoms with Gasteiger partial charge in [0.05, 0.1) is 11.0 Å². The van der Waals surface area contributed by atoms with Crippen LogP contribution in [0.3, 0.4) is 0 Å². The average Bonchev–Trinajstić information content (AvgIpc) is 2.52. The summed E-state index contributed by atoms with van der Waals surface area (Å²) >= 11 is 0. The van der Waals surface area contributed by atoms with Crippen LogP contribution in [0.15, 0.2) is 18.2 Å². The quantitative estimate of drug-likeness (QED) is 0.810. The predicted octanol–water partition coefficient (Wildman–Crippen LogP) is 3.33. The molecule has 2 aromatic rings. The molecular formula is C13H19N3. The summed E-state index contributed by atoms with van der Waals surface area (Å²) in [5.74, 6) is 0.961. The molecule has 0 unspecified atom stereocenters. The lowest BCUT2D eigenvalue weighted by Gasteiger charge is -2.19. The van der Waals surface area contributed by atoms with Crippen molar-refractivity contribution < 1.29 is 0 Å². The molecule has 3 heteroatoms. The van der Waals surface area contributed by atoms with Crippen LogP contribution in [0.1, 0.15) is 26.6 Å². The second kappa shape index (κ2) is 3.81. The summed E-state index contributed by atoms with van der Waals surface area (Å²) in [6.45, 7) is 9.60. The van der Waals surface area contributed by atoms with E-state index in [4.69, 9.17) is 0 Å². The summed E-state index contributed by atoms with van der Waals surface area (Å²) < 4.78 is 0. The Hall–Kier alpha value is -1.51. The molecule has 0 radical (unpaired) electrons. The van der Waals surface area contributed by atoms with Crippen LogP contribution in [-0.2, 0) is 0 Å². The molecule has 0 amide bonds. The highest BCUT2D eigenvalue weighted by atomic mass is 14.9. The molecule has 0 atom stereocenters. The molecule has 0 bridgehead atoms. The van der Waals surface area contributed by atoms with Crippen LogP contribution < -0.4 is 5.32 Å². The molecule has 2 N–H and O–H groups in total. The van der Waals surface area contributed by atoms with E-state index in [0.717, 1.165) is 29.1 Å². The lowest BCUT2D eigenvalue weighted by molar-refractivity contribution is 0.443.